The molecule has 0 fully saturated rings. The van der Waals surface area contributed by atoms with E-state index in [4.69, 9.17) is 17.2 Å². The molecule has 0 aliphatic heterocycles. The normalized spacial score (nSPS) is 14.7. The number of amides is 10. The summed E-state index contributed by atoms with van der Waals surface area (Å²) < 4.78 is 0. The van der Waals surface area contributed by atoms with Crippen LogP contribution >= 0.6 is 0 Å². The molecule has 10 amide bonds. The van der Waals surface area contributed by atoms with Crippen molar-refractivity contribution in [2.45, 2.75) is 128 Å². The van der Waals surface area contributed by atoms with E-state index >= 15 is 0 Å². The number of primary amides is 2. The number of carbonyl (C=O) groups is 11. The molecule has 0 heterocycles. The van der Waals surface area contributed by atoms with Crippen molar-refractivity contribution < 1.29 is 73.2 Å². The van der Waals surface area contributed by atoms with Gasteiger partial charge in [-0.05, 0) is 66.0 Å². The van der Waals surface area contributed by atoms with Gasteiger partial charge in [-0.25, -0.2) is 4.79 Å². The predicted molar refractivity (Wildman–Crippen MR) is 264 cm³/mol. The summed E-state index contributed by atoms with van der Waals surface area (Å²) in [6.07, 6.45) is -1.65. The van der Waals surface area contributed by atoms with E-state index in [9.17, 15) is 73.2 Å². The summed E-state index contributed by atoms with van der Waals surface area (Å²) in [5, 5.41) is 58.0. The molecular formula is C48H71N11O15. The molecule has 2 aromatic rings. The Bertz CT molecular complexity index is 2300. The summed E-state index contributed by atoms with van der Waals surface area (Å²) in [6.45, 7) is 7.75. The lowest BCUT2D eigenvalue weighted by molar-refractivity contribution is -0.143. The zero-order chi connectivity index (χ0) is 56.0. The highest BCUT2D eigenvalue weighted by Crippen LogP contribution is 2.15. The van der Waals surface area contributed by atoms with Gasteiger partial charge in [0.1, 0.15) is 53.8 Å². The van der Waals surface area contributed by atoms with Gasteiger partial charge in [0.15, 0.2) is 0 Å². The Kier molecular flexibility index (Phi) is 25.4. The van der Waals surface area contributed by atoms with Crippen LogP contribution in [0.25, 0.3) is 0 Å². The molecular weight excluding hydrogens is 971 g/mol. The zero-order valence-electron chi connectivity index (χ0n) is 42.1. The zero-order valence-corrected chi connectivity index (χ0v) is 42.1. The number of phenols is 2. The molecule has 0 radical (unpaired) electrons. The minimum Gasteiger partial charge on any atom is -0.508 e. The van der Waals surface area contributed by atoms with E-state index in [2.05, 4.69) is 42.5 Å². The summed E-state index contributed by atoms with van der Waals surface area (Å²) in [4.78, 5) is 144. The van der Waals surface area contributed by atoms with Crippen molar-refractivity contribution in [1.29, 1.82) is 0 Å². The van der Waals surface area contributed by atoms with Crippen LogP contribution in [0.2, 0.25) is 0 Å². The maximum atomic E-state index is 14.0. The molecule has 26 nitrogen and oxygen atoms in total. The van der Waals surface area contributed by atoms with Crippen molar-refractivity contribution in [3.05, 3.63) is 59.7 Å². The molecule has 0 aromatic heterocycles. The van der Waals surface area contributed by atoms with Crippen molar-refractivity contribution in [2.24, 2.45) is 35.0 Å². The lowest BCUT2D eigenvalue weighted by atomic mass is 9.96. The molecule has 0 saturated carbocycles. The fraction of sp³-hybridized carbons (Fsp3) is 0.521. The second-order valence-corrected chi connectivity index (χ2v) is 18.4. The molecule has 2 aromatic carbocycles. The van der Waals surface area contributed by atoms with Crippen LogP contribution in [0.4, 0.5) is 0 Å². The van der Waals surface area contributed by atoms with Gasteiger partial charge in [-0.1, -0.05) is 72.2 Å². The van der Waals surface area contributed by atoms with E-state index in [1.54, 1.807) is 39.8 Å². The highest BCUT2D eigenvalue weighted by Gasteiger charge is 2.36. The van der Waals surface area contributed by atoms with Crippen LogP contribution < -0.4 is 59.7 Å². The van der Waals surface area contributed by atoms with Crippen molar-refractivity contribution in [3.8, 4) is 11.5 Å². The molecule has 0 spiro atoms. The van der Waals surface area contributed by atoms with Crippen LogP contribution in [0.15, 0.2) is 48.5 Å². The van der Waals surface area contributed by atoms with E-state index in [1.165, 1.54) is 50.2 Å². The second kappa shape index (κ2) is 30.2. The summed E-state index contributed by atoms with van der Waals surface area (Å²) in [5.74, 6) is -12.9. The van der Waals surface area contributed by atoms with Crippen LogP contribution in [0.1, 0.15) is 78.4 Å². The fourth-order valence-electron chi connectivity index (χ4n) is 7.06. The Morgan fingerprint density at radius 1 is 0.527 bits per heavy atom. The number of benzene rings is 2. The number of phenolic OH excluding ortho intramolecular Hbond substituents is 2. The van der Waals surface area contributed by atoms with Crippen LogP contribution in [0.5, 0.6) is 11.5 Å². The summed E-state index contributed by atoms with van der Waals surface area (Å²) in [7, 11) is 0. The first-order valence-electron chi connectivity index (χ1n) is 23.8. The first kappa shape index (κ1) is 62.2. The SMILES string of the molecule is CC[C@H](C)[C@H](NC(=O)CNC(=O)[C@H](CO)NC(=O)[C@H](CCC(N)=O)NC(=O)[C@H](CC(N)=O)NC(=O)[C@@H](NC(=O)[C@H](Cc1ccc(O)cc1)NC(=O)[C@@H](N)Cc1ccc(O)cc1)C(C)C)C(=O)N[C@H](C(=O)O)C(C)C. The van der Waals surface area contributed by atoms with Gasteiger partial charge in [-0.15, -0.1) is 0 Å². The highest BCUT2D eigenvalue weighted by molar-refractivity contribution is 5.99. The number of carbonyl (C=O) groups excluding carboxylic acids is 10. The van der Waals surface area contributed by atoms with Crippen LogP contribution in [0, 0.1) is 17.8 Å². The van der Waals surface area contributed by atoms with Gasteiger partial charge in [0, 0.05) is 12.8 Å². The average Bonchev–Trinajstić information content (AvgIpc) is 3.33. The number of rotatable bonds is 31. The molecule has 74 heavy (non-hydrogen) atoms. The Morgan fingerprint density at radius 3 is 1.47 bits per heavy atom. The van der Waals surface area contributed by atoms with E-state index in [-0.39, 0.29) is 24.3 Å². The van der Waals surface area contributed by atoms with Crippen LogP contribution in [-0.4, -0.2) is 147 Å². The fourth-order valence-corrected chi connectivity index (χ4v) is 7.06. The lowest BCUT2D eigenvalue weighted by Crippen LogP contribution is -2.61. The minimum atomic E-state index is -1.83. The number of hydrogen-bond acceptors (Lipinski definition) is 15. The molecule has 0 aliphatic rings. The van der Waals surface area contributed by atoms with Crippen LogP contribution in [-0.2, 0) is 65.6 Å². The van der Waals surface area contributed by atoms with Gasteiger partial charge in [-0.3, -0.25) is 47.9 Å². The summed E-state index contributed by atoms with van der Waals surface area (Å²) in [6, 6.07) is -0.158. The molecule has 0 saturated heterocycles. The molecule has 0 aliphatic carbocycles. The maximum absolute atomic E-state index is 14.0. The third-order valence-corrected chi connectivity index (χ3v) is 11.6. The number of aliphatic hydroxyl groups is 1. The van der Waals surface area contributed by atoms with Gasteiger partial charge in [0.05, 0.1) is 25.6 Å². The number of aliphatic carboxylic acids is 1. The number of aromatic hydroxyl groups is 2. The number of carboxylic acid groups (broad SMARTS) is 1. The molecule has 0 bridgehead atoms. The van der Waals surface area contributed by atoms with E-state index in [0.717, 1.165) is 0 Å². The van der Waals surface area contributed by atoms with Crippen molar-refractivity contribution in [2.75, 3.05) is 13.2 Å². The molecule has 2 rings (SSSR count). The van der Waals surface area contributed by atoms with E-state index in [1.807, 2.05) is 0 Å². The standard InChI is InChI=1S/C48H71N11O15/c1-7-25(6)40(47(72)59-39(24(4)5)48(73)74)57-37(65)21-52-42(67)34(22-60)56-43(68)31(16-17-35(50)63)53-44(69)33(20-36(51)64)55-46(71)38(23(2)3)58-45(70)32(19-27-10-14-29(62)15-11-27)54-41(66)30(49)18-26-8-12-28(61)13-9-26/h8-15,23-25,30-34,38-40,60-62H,7,16-22,49H2,1-6H3,(H2,50,63)(H2,51,64)(H,52,67)(H,53,69)(H,54,66)(H,55,71)(H,56,68)(H,57,65)(H,58,70)(H,59,72)(H,73,74)/t25-,30-,31-,32-,33-,34-,38-,39-,40-/m0/s1. The lowest BCUT2D eigenvalue weighted by Gasteiger charge is -2.28. The minimum absolute atomic E-state index is 0.00524. The van der Waals surface area contributed by atoms with Crippen molar-refractivity contribution >= 4 is 65.0 Å². The number of hydrogen-bond donors (Lipinski definition) is 15. The predicted octanol–water partition coefficient (Wildman–Crippen LogP) is -3.70. The van der Waals surface area contributed by atoms with Gasteiger partial charge < -0.3 is 80.2 Å². The van der Waals surface area contributed by atoms with Gasteiger partial charge in [-0.2, -0.15) is 0 Å². The van der Waals surface area contributed by atoms with Crippen molar-refractivity contribution in [1.82, 2.24) is 42.5 Å². The number of carboxylic acids is 1. The monoisotopic (exact) mass is 1040 g/mol. The molecule has 18 N–H and O–H groups in total. The van der Waals surface area contributed by atoms with Gasteiger partial charge in [0.2, 0.25) is 59.1 Å². The van der Waals surface area contributed by atoms with Crippen molar-refractivity contribution in [3.63, 3.8) is 0 Å². The second-order valence-electron chi connectivity index (χ2n) is 18.4. The smallest absolute Gasteiger partial charge is 0.326 e. The Morgan fingerprint density at radius 2 is 0.986 bits per heavy atom. The Labute approximate surface area is 427 Å². The van der Waals surface area contributed by atoms with Gasteiger partial charge >= 0.3 is 5.97 Å². The third kappa shape index (κ3) is 21.1. The Hall–Kier alpha value is -7.87. The van der Waals surface area contributed by atoms with E-state index in [0.29, 0.717) is 17.5 Å². The third-order valence-electron chi connectivity index (χ3n) is 11.6. The summed E-state index contributed by atoms with van der Waals surface area (Å²) in [5.41, 5.74) is 18.0. The average molecular weight is 1040 g/mol. The first-order valence-corrected chi connectivity index (χ1v) is 23.8. The van der Waals surface area contributed by atoms with Gasteiger partial charge in [0.25, 0.3) is 0 Å². The molecule has 9 atom stereocenters. The largest absolute Gasteiger partial charge is 0.508 e. The number of aliphatic hydroxyl groups excluding tert-OH is 1. The maximum Gasteiger partial charge on any atom is 0.326 e. The molecule has 0 unspecified atom stereocenters. The molecule has 408 valence electrons. The highest BCUT2D eigenvalue weighted by atomic mass is 16.4. The quantitative estimate of drug-likeness (QED) is 0.0346. The van der Waals surface area contributed by atoms with Crippen LogP contribution in [0.3, 0.4) is 0 Å². The Balaban J connectivity index is 2.27. The number of nitrogens with one attached hydrogen (secondary N) is 8. The first-order chi connectivity index (χ1) is 34.7. The van der Waals surface area contributed by atoms with E-state index < -0.39 is 164 Å². The summed E-state index contributed by atoms with van der Waals surface area (Å²) >= 11 is 0. The molecule has 26 heteroatoms. The topological polar surface area (TPSA) is 443 Å². The number of nitrogens with two attached hydrogens (primary N) is 3.